The van der Waals surface area contributed by atoms with Gasteiger partial charge in [-0.25, -0.2) is 12.7 Å². The van der Waals surface area contributed by atoms with E-state index in [0.29, 0.717) is 19.0 Å². The second-order valence-corrected chi connectivity index (χ2v) is 9.42. The molecule has 3 rings (SSSR count). The summed E-state index contributed by atoms with van der Waals surface area (Å²) in [6.07, 6.45) is 5.40. The van der Waals surface area contributed by atoms with Gasteiger partial charge in [0, 0.05) is 32.0 Å². The van der Waals surface area contributed by atoms with Gasteiger partial charge in [-0.2, -0.15) is 0 Å². The van der Waals surface area contributed by atoms with Crippen LogP contribution in [0.4, 0.5) is 0 Å². The van der Waals surface area contributed by atoms with Crippen LogP contribution in [0.5, 0.6) is 0 Å². The Morgan fingerprint density at radius 2 is 2.09 bits per heavy atom. The second-order valence-electron chi connectivity index (χ2n) is 7.27. The van der Waals surface area contributed by atoms with Crippen molar-refractivity contribution in [1.82, 2.24) is 14.2 Å². The van der Waals surface area contributed by atoms with Crippen molar-refractivity contribution in [2.45, 2.75) is 38.5 Å². The molecule has 0 unspecified atom stereocenters. The lowest BCUT2D eigenvalue weighted by atomic mass is 10.0. The first-order valence-corrected chi connectivity index (χ1v) is 10.1. The van der Waals surface area contributed by atoms with Gasteiger partial charge in [0.05, 0.1) is 5.25 Å². The average molecular weight is 337 g/mol. The quantitative estimate of drug-likeness (QED) is 0.843. The summed E-state index contributed by atoms with van der Waals surface area (Å²) in [6.45, 7) is 8.23. The fourth-order valence-electron chi connectivity index (χ4n) is 3.84. The minimum absolute atomic E-state index is 0.180. The molecule has 0 radical (unpaired) electrons. The Hall–Kier alpha value is -0.980. The summed E-state index contributed by atoms with van der Waals surface area (Å²) in [4.78, 5) is 6.53. The molecule has 2 aliphatic rings. The first-order valence-electron chi connectivity index (χ1n) is 8.57. The number of likely N-dealkylation sites (tertiary alicyclic amines) is 1. The first-order chi connectivity index (χ1) is 11.0. The van der Waals surface area contributed by atoms with E-state index in [2.05, 4.69) is 29.8 Å². The molecular weight excluding hydrogens is 310 g/mol. The van der Waals surface area contributed by atoms with Crippen LogP contribution in [0.1, 0.15) is 32.3 Å². The highest BCUT2D eigenvalue weighted by Crippen LogP contribution is 2.34. The number of pyridine rings is 1. The zero-order chi connectivity index (χ0) is 16.4. The third kappa shape index (κ3) is 3.75. The lowest BCUT2D eigenvalue weighted by Crippen LogP contribution is -2.34. The van der Waals surface area contributed by atoms with E-state index in [4.69, 9.17) is 0 Å². The molecule has 0 bridgehead atoms. The zero-order valence-corrected chi connectivity index (χ0v) is 14.9. The Morgan fingerprint density at radius 1 is 1.30 bits per heavy atom. The number of aromatic nitrogens is 1. The van der Waals surface area contributed by atoms with Gasteiger partial charge in [0.1, 0.15) is 0 Å². The number of rotatable bonds is 4. The molecule has 5 nitrogen and oxygen atoms in total. The van der Waals surface area contributed by atoms with E-state index >= 15 is 0 Å². The highest BCUT2D eigenvalue weighted by molar-refractivity contribution is 7.90. The molecule has 128 valence electrons. The summed E-state index contributed by atoms with van der Waals surface area (Å²) < 4.78 is 27.3. The van der Waals surface area contributed by atoms with Crippen LogP contribution in [0.15, 0.2) is 24.5 Å². The van der Waals surface area contributed by atoms with Gasteiger partial charge in [-0.15, -0.1) is 0 Å². The molecule has 2 aliphatic heterocycles. The number of fused-ring (bicyclic) bond motifs is 1. The Bertz CT molecular complexity index is 618. The van der Waals surface area contributed by atoms with Crippen molar-refractivity contribution in [3.8, 4) is 0 Å². The smallest absolute Gasteiger partial charge is 0.217 e. The van der Waals surface area contributed by atoms with Crippen LogP contribution >= 0.6 is 0 Å². The SMILES string of the molecule is CC(C)CN1C[C@@H]2CCN(Cc3cccnc3)CC[C@@H]2S1(=O)=O. The Labute approximate surface area is 139 Å². The highest BCUT2D eigenvalue weighted by atomic mass is 32.2. The minimum Gasteiger partial charge on any atom is -0.299 e. The Kier molecular flexibility index (Phi) is 5.04. The summed E-state index contributed by atoms with van der Waals surface area (Å²) >= 11 is 0. The summed E-state index contributed by atoms with van der Waals surface area (Å²) in [5, 5.41) is -0.180. The van der Waals surface area contributed by atoms with Gasteiger partial charge >= 0.3 is 0 Å². The number of hydrogen-bond donors (Lipinski definition) is 0. The van der Waals surface area contributed by atoms with Crippen molar-refractivity contribution in [3.63, 3.8) is 0 Å². The number of sulfonamides is 1. The van der Waals surface area contributed by atoms with E-state index in [1.165, 1.54) is 5.56 Å². The molecule has 3 heterocycles. The maximum Gasteiger partial charge on any atom is 0.217 e. The van der Waals surface area contributed by atoms with Crippen LogP contribution in [0.25, 0.3) is 0 Å². The van der Waals surface area contributed by atoms with Gasteiger partial charge in [0.2, 0.25) is 10.0 Å². The largest absolute Gasteiger partial charge is 0.299 e. The standard InChI is InChI=1S/C17H27N3O2S/c1-14(2)11-20-13-16-5-8-19(9-6-17(16)23(20,21)22)12-15-4-3-7-18-10-15/h3-4,7,10,14,16-17H,5-6,8-9,11-13H2,1-2H3/t16-,17-/m0/s1. The third-order valence-electron chi connectivity index (χ3n) is 4.95. The Balaban J connectivity index is 1.65. The molecule has 6 heteroatoms. The van der Waals surface area contributed by atoms with Gasteiger partial charge < -0.3 is 0 Å². The van der Waals surface area contributed by atoms with Crippen molar-refractivity contribution in [3.05, 3.63) is 30.1 Å². The van der Waals surface area contributed by atoms with Crippen LogP contribution in [-0.4, -0.2) is 54.0 Å². The van der Waals surface area contributed by atoms with Crippen molar-refractivity contribution in [2.75, 3.05) is 26.2 Å². The molecule has 0 aliphatic carbocycles. The maximum absolute atomic E-state index is 12.8. The summed E-state index contributed by atoms with van der Waals surface area (Å²) in [5.41, 5.74) is 1.20. The van der Waals surface area contributed by atoms with E-state index in [1.54, 1.807) is 10.5 Å². The highest BCUT2D eigenvalue weighted by Gasteiger charge is 2.46. The maximum atomic E-state index is 12.8. The Morgan fingerprint density at radius 3 is 2.78 bits per heavy atom. The fraction of sp³-hybridized carbons (Fsp3) is 0.706. The molecule has 0 aromatic carbocycles. The molecule has 0 saturated carbocycles. The van der Waals surface area contributed by atoms with Gasteiger partial charge in [-0.1, -0.05) is 19.9 Å². The minimum atomic E-state index is -3.11. The van der Waals surface area contributed by atoms with Crippen molar-refractivity contribution >= 4 is 10.0 Å². The molecule has 2 saturated heterocycles. The van der Waals surface area contributed by atoms with E-state index in [-0.39, 0.29) is 11.2 Å². The van der Waals surface area contributed by atoms with Gasteiger partial charge in [-0.05, 0) is 49.4 Å². The van der Waals surface area contributed by atoms with Gasteiger partial charge in [-0.3, -0.25) is 9.88 Å². The van der Waals surface area contributed by atoms with Crippen molar-refractivity contribution in [2.24, 2.45) is 11.8 Å². The van der Waals surface area contributed by atoms with Crippen molar-refractivity contribution < 1.29 is 8.42 Å². The van der Waals surface area contributed by atoms with Crippen LogP contribution in [0.3, 0.4) is 0 Å². The monoisotopic (exact) mass is 337 g/mol. The molecule has 0 spiro atoms. The normalized spacial score (nSPS) is 28.7. The fourth-order valence-corrected chi connectivity index (χ4v) is 6.24. The third-order valence-corrected chi connectivity index (χ3v) is 7.35. The molecule has 2 atom stereocenters. The molecule has 0 N–H and O–H groups in total. The summed E-state index contributed by atoms with van der Waals surface area (Å²) in [7, 11) is -3.11. The average Bonchev–Trinajstić information content (AvgIpc) is 2.64. The first kappa shape index (κ1) is 16.9. The van der Waals surface area contributed by atoms with Crippen LogP contribution in [-0.2, 0) is 16.6 Å². The lowest BCUT2D eigenvalue weighted by Gasteiger charge is -2.22. The van der Waals surface area contributed by atoms with Crippen molar-refractivity contribution in [1.29, 1.82) is 0 Å². The zero-order valence-electron chi connectivity index (χ0n) is 14.1. The molecule has 1 aromatic rings. The molecule has 2 fully saturated rings. The van der Waals surface area contributed by atoms with Crippen LogP contribution < -0.4 is 0 Å². The van der Waals surface area contributed by atoms with E-state index in [0.717, 1.165) is 32.5 Å². The van der Waals surface area contributed by atoms with Crippen LogP contribution in [0.2, 0.25) is 0 Å². The topological polar surface area (TPSA) is 53.5 Å². The predicted molar refractivity (Wildman–Crippen MR) is 91.4 cm³/mol. The van der Waals surface area contributed by atoms with E-state index < -0.39 is 10.0 Å². The number of nitrogens with zero attached hydrogens (tertiary/aromatic N) is 3. The summed E-state index contributed by atoms with van der Waals surface area (Å²) in [5.74, 6) is 0.673. The van der Waals surface area contributed by atoms with E-state index in [9.17, 15) is 8.42 Å². The predicted octanol–water partition coefficient (Wildman–Crippen LogP) is 1.96. The molecule has 1 aromatic heterocycles. The number of hydrogen-bond acceptors (Lipinski definition) is 4. The van der Waals surface area contributed by atoms with Crippen LogP contribution in [0, 0.1) is 11.8 Å². The van der Waals surface area contributed by atoms with Gasteiger partial charge in [0.15, 0.2) is 0 Å². The summed E-state index contributed by atoms with van der Waals surface area (Å²) in [6, 6.07) is 4.04. The van der Waals surface area contributed by atoms with Gasteiger partial charge in [0.25, 0.3) is 0 Å². The second kappa shape index (κ2) is 6.87. The lowest BCUT2D eigenvalue weighted by molar-refractivity contribution is 0.265. The molecule has 23 heavy (non-hydrogen) atoms. The van der Waals surface area contributed by atoms with E-state index in [1.807, 2.05) is 12.3 Å². The molecule has 0 amide bonds. The molecular formula is C17H27N3O2S.